The topological polar surface area (TPSA) is 166 Å². The van der Waals surface area contributed by atoms with Crippen molar-refractivity contribution in [1.29, 1.82) is 0 Å². The summed E-state index contributed by atoms with van der Waals surface area (Å²) in [7, 11) is 0. The number of benzene rings is 18. The molecule has 0 spiro atoms. The Morgan fingerprint density at radius 1 is 0.221 bits per heavy atom. The molecule has 3 aromatic heterocycles. The molecule has 0 saturated carbocycles. The van der Waals surface area contributed by atoms with Crippen LogP contribution in [0.25, 0.3) is 199 Å². The average molecular weight is 1840 g/mol. The predicted molar refractivity (Wildman–Crippen MR) is 585 cm³/mol. The van der Waals surface area contributed by atoms with Crippen LogP contribution in [0, 0.1) is 5.92 Å². The third-order valence-electron chi connectivity index (χ3n) is 28.0. The van der Waals surface area contributed by atoms with E-state index < -0.39 is 0 Å². The van der Waals surface area contributed by atoms with E-state index in [1.165, 1.54) is 209 Å². The van der Waals surface area contributed by atoms with E-state index in [0.717, 1.165) is 92.3 Å². The number of ether oxygens (including phenoxy) is 3. The second-order valence-electron chi connectivity index (χ2n) is 37.7. The molecule has 3 N–H and O–H groups in total. The molecule has 0 saturated heterocycles. The Bertz CT molecular complexity index is 7410. The van der Waals surface area contributed by atoms with Gasteiger partial charge in [-0.3, -0.25) is 0 Å². The summed E-state index contributed by atoms with van der Waals surface area (Å²) in [5.74, 6) is 4.85. The summed E-state index contributed by atoms with van der Waals surface area (Å²) < 4.78 is 18.2. The van der Waals surface area contributed by atoms with Crippen molar-refractivity contribution >= 4 is 97.0 Å². The summed E-state index contributed by atoms with van der Waals surface area (Å²) in [4.78, 5) is 30.4. The predicted octanol–water partition coefficient (Wildman–Crippen LogP) is 35.4. The van der Waals surface area contributed by atoms with E-state index in [0.29, 0.717) is 94.2 Å². The van der Waals surface area contributed by atoms with Crippen LogP contribution in [0.5, 0.6) is 34.5 Å². The number of nitrogens with zero attached hydrogens (tertiary/aromatic N) is 6. The van der Waals surface area contributed by atoms with Gasteiger partial charge in [0.15, 0.2) is 17.5 Å². The van der Waals surface area contributed by atoms with Crippen molar-refractivity contribution < 1.29 is 29.5 Å². The average Bonchev–Trinajstić information content (AvgIpc) is 0.739. The van der Waals surface area contributed by atoms with E-state index in [2.05, 4.69) is 216 Å². The summed E-state index contributed by atoms with van der Waals surface area (Å²) in [5, 5.41) is 55.6. The van der Waals surface area contributed by atoms with Crippen LogP contribution in [-0.4, -0.2) is 65.0 Å². The highest BCUT2D eigenvalue weighted by molar-refractivity contribution is 6.28. The van der Waals surface area contributed by atoms with Gasteiger partial charge in [-0.15, -0.1) is 0 Å². The smallest absolute Gasteiger partial charge is 0.161 e. The lowest BCUT2D eigenvalue weighted by molar-refractivity contribution is 0.232. The van der Waals surface area contributed by atoms with Crippen molar-refractivity contribution in [1.82, 2.24) is 29.9 Å². The second kappa shape index (κ2) is 45.2. The van der Waals surface area contributed by atoms with Crippen LogP contribution in [0.15, 0.2) is 328 Å². The van der Waals surface area contributed by atoms with E-state index in [9.17, 15) is 15.3 Å². The Morgan fingerprint density at radius 2 is 0.500 bits per heavy atom. The van der Waals surface area contributed by atoms with Crippen molar-refractivity contribution in [3.05, 3.63) is 328 Å². The number of unbranched alkanes of at least 4 members (excludes halogenated alkanes) is 19. The lowest BCUT2D eigenvalue weighted by Gasteiger charge is -2.17. The number of rotatable bonds is 40. The lowest BCUT2D eigenvalue weighted by Crippen LogP contribution is -2.11. The van der Waals surface area contributed by atoms with Gasteiger partial charge in [-0.2, -0.15) is 0 Å². The van der Waals surface area contributed by atoms with E-state index in [1.54, 1.807) is 18.2 Å². The van der Waals surface area contributed by atoms with Gasteiger partial charge in [0.2, 0.25) is 0 Å². The van der Waals surface area contributed by atoms with Gasteiger partial charge in [0.05, 0.1) is 54.0 Å². The molecule has 0 aliphatic rings. The molecule has 0 aliphatic heterocycles. The summed E-state index contributed by atoms with van der Waals surface area (Å²) in [6, 6.07) is 112. The number of phenols is 3. The minimum Gasteiger partial charge on any atom is -0.507 e. The molecule has 140 heavy (non-hydrogen) atoms. The van der Waals surface area contributed by atoms with Gasteiger partial charge in [-0.05, 0) is 189 Å². The van der Waals surface area contributed by atoms with Gasteiger partial charge in [0.25, 0.3) is 0 Å². The van der Waals surface area contributed by atoms with Crippen LogP contribution in [-0.2, 0) is 0 Å². The summed E-state index contributed by atoms with van der Waals surface area (Å²) >= 11 is 0. The molecular weight excluding hydrogens is 1720 g/mol. The molecule has 0 radical (unpaired) electrons. The molecule has 702 valence electrons. The molecule has 1 unspecified atom stereocenters. The Labute approximate surface area is 822 Å². The zero-order valence-corrected chi connectivity index (χ0v) is 81.1. The maximum absolute atomic E-state index is 11.3. The number of aromatic nitrogens is 6. The first-order valence-corrected chi connectivity index (χ1v) is 51.2. The first kappa shape index (κ1) is 94.1. The van der Waals surface area contributed by atoms with E-state index in [-0.39, 0.29) is 17.2 Å². The second-order valence-corrected chi connectivity index (χ2v) is 37.7. The van der Waals surface area contributed by atoms with Crippen molar-refractivity contribution in [3.63, 3.8) is 0 Å². The minimum atomic E-state index is 0.142. The third kappa shape index (κ3) is 21.5. The summed E-state index contributed by atoms with van der Waals surface area (Å²) in [6.07, 6.45) is 30.4. The molecule has 0 fully saturated rings. The van der Waals surface area contributed by atoms with Crippen LogP contribution >= 0.6 is 0 Å². The van der Waals surface area contributed by atoms with Crippen LogP contribution in [0.4, 0.5) is 0 Å². The number of aromatic hydroxyl groups is 3. The standard InChI is InChI=1S/2C44H44N2O2.C40H36N2O2/c1-2-3-4-5-6-7-8-9-10-14-28-48-35-24-27-38(41(47)29-35)40-30-39(45-44(46-40)34-16-12-11-13-17-34)36-25-22-33-21-20-31-18-15-19-32-23-26-37(36)43(33)42(31)32;1-2-3-4-5-6-7-8-9-10-14-28-48-35-24-27-38(41(47)29-35)40-30-39(31-16-12-11-13-17-31)45-44(46-40)37-26-23-34-21-20-32-18-15-19-33-22-25-36(37)43(34)42(32)33;1-3-5-10-26(4-2)25-44-31-19-22-34(37(43)23-31)36-24-35(27-11-7-6-8-12-27)41-40(42-36)33-21-18-30-16-15-28-13-9-14-29-17-20-32(33)39(30)38(28)29/h2*11-13,15-27,29-30,47H,2-10,14,28H2,1H3;6-9,11-24,26,43H,3-5,10,25H2,1-2H3. The molecule has 3 heterocycles. The highest BCUT2D eigenvalue weighted by Crippen LogP contribution is 2.47. The number of hydrogen-bond acceptors (Lipinski definition) is 12. The molecular formula is C128H124N6O6. The Morgan fingerprint density at radius 3 is 0.857 bits per heavy atom. The molecule has 12 heteroatoms. The van der Waals surface area contributed by atoms with Crippen molar-refractivity contribution in [2.24, 2.45) is 5.92 Å². The summed E-state index contributed by atoms with van der Waals surface area (Å²) in [5.41, 5.74) is 12.3. The first-order valence-electron chi connectivity index (χ1n) is 51.2. The fraction of sp³-hybridized carbons (Fsp3) is 0.250. The lowest BCUT2D eigenvalue weighted by atomic mass is 9.91. The number of hydrogen-bond donors (Lipinski definition) is 3. The molecule has 12 nitrogen and oxygen atoms in total. The van der Waals surface area contributed by atoms with Crippen molar-refractivity contribution in [2.45, 2.75) is 182 Å². The van der Waals surface area contributed by atoms with Crippen LogP contribution in [0.1, 0.15) is 182 Å². The zero-order valence-electron chi connectivity index (χ0n) is 81.1. The van der Waals surface area contributed by atoms with Gasteiger partial charge in [0.1, 0.15) is 34.5 Å². The van der Waals surface area contributed by atoms with E-state index in [1.807, 2.05) is 121 Å². The Hall–Kier alpha value is -14.9. The van der Waals surface area contributed by atoms with E-state index >= 15 is 0 Å². The molecule has 21 rings (SSSR count). The largest absolute Gasteiger partial charge is 0.507 e. The van der Waals surface area contributed by atoms with Crippen LogP contribution in [0.2, 0.25) is 0 Å². The van der Waals surface area contributed by atoms with Gasteiger partial charge >= 0.3 is 0 Å². The van der Waals surface area contributed by atoms with Crippen LogP contribution < -0.4 is 14.2 Å². The number of phenolic OH excluding ortho intramolecular Hbond substituents is 3. The van der Waals surface area contributed by atoms with Crippen molar-refractivity contribution in [2.75, 3.05) is 19.8 Å². The third-order valence-corrected chi connectivity index (χ3v) is 28.0. The van der Waals surface area contributed by atoms with Crippen molar-refractivity contribution in [3.8, 4) is 136 Å². The van der Waals surface area contributed by atoms with Gasteiger partial charge in [-0.25, -0.2) is 29.9 Å². The first-order chi connectivity index (χ1) is 69.0. The molecule has 0 bridgehead atoms. The molecule has 0 aliphatic carbocycles. The monoisotopic (exact) mass is 1840 g/mol. The SMILES string of the molecule is CCCCC(CC)COc1ccc(-c2cc(-c3ccccc3)nc(-c3ccc4ccc5cccc6ccc3c4c56)n2)c(O)c1.CCCCCCCCCCCCOc1ccc(-c2cc(-c3ccc4ccc5cccc6ccc3c4c56)nc(-c3ccccc3)n2)c(O)c1.CCCCCCCCCCCCOc1ccc(-c2cc(-c3ccccc3)nc(-c3ccc4ccc5cccc6ccc3c4c56)n2)c(O)c1. The Kier molecular flexibility index (Phi) is 30.4. The quantitative estimate of drug-likeness (QED) is 0.0246. The van der Waals surface area contributed by atoms with E-state index in [4.69, 9.17) is 44.1 Å². The highest BCUT2D eigenvalue weighted by Gasteiger charge is 2.24. The zero-order chi connectivity index (χ0) is 95.5. The fourth-order valence-electron chi connectivity index (χ4n) is 20.3. The summed E-state index contributed by atoms with van der Waals surface area (Å²) in [6.45, 7) is 10.9. The maximum Gasteiger partial charge on any atom is 0.161 e. The van der Waals surface area contributed by atoms with Gasteiger partial charge in [-0.1, -0.05) is 405 Å². The van der Waals surface area contributed by atoms with Gasteiger partial charge in [0, 0.05) is 68.3 Å². The maximum atomic E-state index is 11.3. The molecule has 21 aromatic rings. The molecule has 1 atom stereocenters. The fourth-order valence-corrected chi connectivity index (χ4v) is 20.3. The van der Waals surface area contributed by atoms with Gasteiger partial charge < -0.3 is 29.5 Å². The molecule has 18 aromatic carbocycles. The van der Waals surface area contributed by atoms with Crippen LogP contribution in [0.3, 0.4) is 0 Å². The highest BCUT2D eigenvalue weighted by atomic mass is 16.5. The Balaban J connectivity index is 0.000000134. The molecule has 0 amide bonds. The normalized spacial score (nSPS) is 11.8. The minimum absolute atomic E-state index is 0.142.